The zero-order valence-corrected chi connectivity index (χ0v) is 15.1. The van der Waals surface area contributed by atoms with E-state index in [1.165, 1.54) is 23.1 Å². The molecule has 0 bridgehead atoms. The second-order valence-electron chi connectivity index (χ2n) is 6.88. The van der Waals surface area contributed by atoms with Gasteiger partial charge in [-0.25, -0.2) is 0 Å². The van der Waals surface area contributed by atoms with Gasteiger partial charge in [0.05, 0.1) is 17.2 Å². The molecule has 1 fully saturated rings. The zero-order valence-electron chi connectivity index (χ0n) is 15.1. The second-order valence-corrected chi connectivity index (χ2v) is 6.88. The molecular formula is C20H19F3N2O3. The average Bonchev–Trinajstić information content (AvgIpc) is 2.98. The summed E-state index contributed by atoms with van der Waals surface area (Å²) in [5, 5.41) is 12.4. The highest BCUT2D eigenvalue weighted by Gasteiger charge is 2.35. The summed E-state index contributed by atoms with van der Waals surface area (Å²) in [7, 11) is 0. The second kappa shape index (κ2) is 7.53. The first-order chi connectivity index (χ1) is 13.1. The Kier molecular flexibility index (Phi) is 5.31. The number of aromatic hydroxyl groups is 1. The molecule has 2 N–H and O–H groups in total. The number of nitrogens with zero attached hydrogens (tertiary/aromatic N) is 1. The molecule has 0 spiro atoms. The fraction of sp³-hybridized carbons (Fsp3) is 0.300. The number of nitrogens with one attached hydrogen (secondary N) is 1. The van der Waals surface area contributed by atoms with Crippen molar-refractivity contribution in [3.8, 4) is 5.75 Å². The number of likely N-dealkylation sites (tertiary alicyclic amines) is 1. The maximum Gasteiger partial charge on any atom is 0.416 e. The lowest BCUT2D eigenvalue weighted by Crippen LogP contribution is -2.28. The SMILES string of the molecule is Cc1ccc(O)c(NC(=O)C2CC(=O)N(Cc3cccc(C(F)(F)F)c3)C2)c1. The Morgan fingerprint density at radius 2 is 2.00 bits per heavy atom. The van der Waals surface area contributed by atoms with Crippen LogP contribution in [0.2, 0.25) is 0 Å². The number of rotatable bonds is 4. The summed E-state index contributed by atoms with van der Waals surface area (Å²) in [6, 6.07) is 9.56. The predicted octanol–water partition coefficient (Wildman–Crippen LogP) is 3.71. The number of alkyl halides is 3. The van der Waals surface area contributed by atoms with E-state index in [2.05, 4.69) is 5.32 Å². The van der Waals surface area contributed by atoms with Crippen LogP contribution in [-0.4, -0.2) is 28.4 Å². The van der Waals surface area contributed by atoms with E-state index in [1.54, 1.807) is 12.1 Å². The van der Waals surface area contributed by atoms with E-state index >= 15 is 0 Å². The molecule has 1 aliphatic rings. The Balaban J connectivity index is 1.66. The van der Waals surface area contributed by atoms with E-state index in [0.717, 1.165) is 17.7 Å². The highest BCUT2D eigenvalue weighted by atomic mass is 19.4. The first-order valence-corrected chi connectivity index (χ1v) is 8.68. The molecule has 1 heterocycles. The van der Waals surface area contributed by atoms with Crippen LogP contribution in [0, 0.1) is 12.8 Å². The number of hydrogen-bond donors (Lipinski definition) is 2. The van der Waals surface area contributed by atoms with E-state index in [-0.39, 0.29) is 36.9 Å². The summed E-state index contributed by atoms with van der Waals surface area (Å²) in [6.07, 6.45) is -4.49. The predicted molar refractivity (Wildman–Crippen MR) is 96.4 cm³/mol. The fourth-order valence-corrected chi connectivity index (χ4v) is 3.15. The van der Waals surface area contributed by atoms with Crippen LogP contribution in [0.1, 0.15) is 23.1 Å². The maximum atomic E-state index is 12.8. The number of anilines is 1. The summed E-state index contributed by atoms with van der Waals surface area (Å²) in [4.78, 5) is 26.1. The Morgan fingerprint density at radius 1 is 1.25 bits per heavy atom. The number of carbonyl (C=O) groups excluding carboxylic acids is 2. The molecular weight excluding hydrogens is 373 g/mol. The van der Waals surface area contributed by atoms with Gasteiger partial charge in [-0.2, -0.15) is 13.2 Å². The van der Waals surface area contributed by atoms with Gasteiger partial charge < -0.3 is 15.3 Å². The maximum absolute atomic E-state index is 12.8. The highest BCUT2D eigenvalue weighted by molar-refractivity contribution is 5.98. The van der Waals surface area contributed by atoms with Crippen LogP contribution >= 0.6 is 0 Å². The van der Waals surface area contributed by atoms with Gasteiger partial charge in [0.1, 0.15) is 5.75 Å². The number of aryl methyl sites for hydroxylation is 1. The van der Waals surface area contributed by atoms with Crippen molar-refractivity contribution >= 4 is 17.5 Å². The summed E-state index contributed by atoms with van der Waals surface area (Å²) in [5.74, 6) is -1.44. The monoisotopic (exact) mass is 392 g/mol. The molecule has 0 aliphatic carbocycles. The Morgan fingerprint density at radius 3 is 2.71 bits per heavy atom. The van der Waals surface area contributed by atoms with Crippen molar-refractivity contribution in [2.75, 3.05) is 11.9 Å². The van der Waals surface area contributed by atoms with Crippen molar-refractivity contribution in [1.29, 1.82) is 0 Å². The van der Waals surface area contributed by atoms with Crippen molar-refractivity contribution < 1.29 is 27.9 Å². The van der Waals surface area contributed by atoms with E-state index in [9.17, 15) is 27.9 Å². The molecule has 0 radical (unpaired) electrons. The van der Waals surface area contributed by atoms with Crippen molar-refractivity contribution in [2.24, 2.45) is 5.92 Å². The third kappa shape index (κ3) is 4.44. The Hall–Kier alpha value is -3.03. The summed E-state index contributed by atoms with van der Waals surface area (Å²) < 4.78 is 38.5. The van der Waals surface area contributed by atoms with Crippen LogP contribution in [0.4, 0.5) is 18.9 Å². The standard InChI is InChI=1S/C20H19F3N2O3/c1-12-5-6-17(26)16(7-12)24-19(28)14-9-18(27)25(11-14)10-13-3-2-4-15(8-13)20(21,22)23/h2-8,14,26H,9-11H2,1H3,(H,24,28). The molecule has 1 atom stereocenters. The van der Waals surface area contributed by atoms with Gasteiger partial charge in [0.2, 0.25) is 11.8 Å². The minimum absolute atomic E-state index is 0.00221. The first-order valence-electron chi connectivity index (χ1n) is 8.68. The molecule has 28 heavy (non-hydrogen) atoms. The van der Waals surface area contributed by atoms with Crippen LogP contribution in [0.3, 0.4) is 0 Å². The van der Waals surface area contributed by atoms with E-state index in [4.69, 9.17) is 0 Å². The van der Waals surface area contributed by atoms with Crippen LogP contribution in [0.5, 0.6) is 5.75 Å². The smallest absolute Gasteiger partial charge is 0.416 e. The average molecular weight is 392 g/mol. The van der Waals surface area contributed by atoms with Gasteiger partial charge in [-0.15, -0.1) is 0 Å². The molecule has 3 rings (SSSR count). The molecule has 2 aromatic rings. The fourth-order valence-electron chi connectivity index (χ4n) is 3.15. The number of carbonyl (C=O) groups is 2. The topological polar surface area (TPSA) is 69.6 Å². The Labute approximate surface area is 159 Å². The van der Waals surface area contributed by atoms with Crippen molar-refractivity contribution in [2.45, 2.75) is 26.1 Å². The molecule has 148 valence electrons. The van der Waals surface area contributed by atoms with Gasteiger partial charge in [0.25, 0.3) is 0 Å². The largest absolute Gasteiger partial charge is 0.506 e. The number of phenols is 1. The van der Waals surface area contributed by atoms with Crippen LogP contribution in [0.25, 0.3) is 0 Å². The third-order valence-electron chi connectivity index (χ3n) is 4.62. The van der Waals surface area contributed by atoms with Crippen molar-refractivity contribution in [3.63, 3.8) is 0 Å². The van der Waals surface area contributed by atoms with Gasteiger partial charge in [0, 0.05) is 19.5 Å². The molecule has 2 aromatic carbocycles. The quantitative estimate of drug-likeness (QED) is 0.780. The van der Waals surface area contributed by atoms with Gasteiger partial charge in [-0.1, -0.05) is 18.2 Å². The number of halogens is 3. The number of hydrogen-bond acceptors (Lipinski definition) is 3. The lowest BCUT2D eigenvalue weighted by Gasteiger charge is -2.18. The van der Waals surface area contributed by atoms with Gasteiger partial charge in [-0.3, -0.25) is 9.59 Å². The van der Waals surface area contributed by atoms with Crippen molar-refractivity contribution in [3.05, 3.63) is 59.2 Å². The molecule has 5 nitrogen and oxygen atoms in total. The van der Waals surface area contributed by atoms with Gasteiger partial charge in [-0.05, 0) is 42.3 Å². The van der Waals surface area contributed by atoms with Gasteiger partial charge in [0.15, 0.2) is 0 Å². The molecule has 1 saturated heterocycles. The third-order valence-corrected chi connectivity index (χ3v) is 4.62. The van der Waals surface area contributed by atoms with E-state index in [1.807, 2.05) is 6.92 Å². The molecule has 0 aromatic heterocycles. The summed E-state index contributed by atoms with van der Waals surface area (Å²) in [5.41, 5.74) is 0.678. The van der Waals surface area contributed by atoms with E-state index < -0.39 is 23.6 Å². The minimum atomic E-state index is -4.46. The van der Waals surface area contributed by atoms with E-state index in [0.29, 0.717) is 5.56 Å². The number of phenolic OH excluding ortho intramolecular Hbond substituents is 1. The molecule has 1 unspecified atom stereocenters. The number of benzene rings is 2. The van der Waals surface area contributed by atoms with Gasteiger partial charge >= 0.3 is 6.18 Å². The molecule has 0 saturated carbocycles. The molecule has 8 heteroatoms. The van der Waals surface area contributed by atoms with Crippen LogP contribution < -0.4 is 5.32 Å². The van der Waals surface area contributed by atoms with Crippen molar-refractivity contribution in [1.82, 2.24) is 4.90 Å². The normalized spacial score (nSPS) is 17.1. The lowest BCUT2D eigenvalue weighted by atomic mass is 10.1. The Bertz CT molecular complexity index is 912. The molecule has 2 amide bonds. The first kappa shape index (κ1) is 19.7. The highest BCUT2D eigenvalue weighted by Crippen LogP contribution is 2.31. The summed E-state index contributed by atoms with van der Waals surface area (Å²) in [6.45, 7) is 1.92. The lowest BCUT2D eigenvalue weighted by molar-refractivity contribution is -0.137. The summed E-state index contributed by atoms with van der Waals surface area (Å²) >= 11 is 0. The zero-order chi connectivity index (χ0) is 20.5. The minimum Gasteiger partial charge on any atom is -0.506 e. The molecule has 1 aliphatic heterocycles. The number of amides is 2. The van der Waals surface area contributed by atoms with Crippen LogP contribution in [-0.2, 0) is 22.3 Å². The van der Waals surface area contributed by atoms with Crippen LogP contribution in [0.15, 0.2) is 42.5 Å².